The van der Waals surface area contributed by atoms with E-state index in [0.717, 1.165) is 13.0 Å². The zero-order valence-electron chi connectivity index (χ0n) is 10.5. The van der Waals surface area contributed by atoms with E-state index in [1.165, 1.54) is 12.3 Å². The van der Waals surface area contributed by atoms with Gasteiger partial charge in [-0.2, -0.15) is 5.10 Å². The van der Waals surface area contributed by atoms with E-state index in [4.69, 9.17) is 16.2 Å². The molecule has 0 atom stereocenters. The van der Waals surface area contributed by atoms with E-state index in [-0.39, 0.29) is 11.4 Å². The SMILES string of the molecule is CCCn1cc(Oc2ncc(N)cc2C(N)=O)cn1. The van der Waals surface area contributed by atoms with E-state index in [2.05, 4.69) is 17.0 Å². The number of nitrogens with zero attached hydrogens (tertiary/aromatic N) is 3. The van der Waals surface area contributed by atoms with Gasteiger partial charge in [-0.15, -0.1) is 0 Å². The van der Waals surface area contributed by atoms with E-state index in [0.29, 0.717) is 11.4 Å². The Morgan fingerprint density at radius 3 is 2.95 bits per heavy atom. The summed E-state index contributed by atoms with van der Waals surface area (Å²) in [6.07, 6.45) is 5.65. The van der Waals surface area contributed by atoms with Crippen LogP contribution in [0.5, 0.6) is 11.6 Å². The zero-order chi connectivity index (χ0) is 13.8. The van der Waals surface area contributed by atoms with Crippen molar-refractivity contribution < 1.29 is 9.53 Å². The number of carbonyl (C=O) groups is 1. The molecule has 0 unspecified atom stereocenters. The minimum absolute atomic E-state index is 0.123. The van der Waals surface area contributed by atoms with Crippen molar-refractivity contribution >= 4 is 11.6 Å². The zero-order valence-corrected chi connectivity index (χ0v) is 10.5. The molecule has 2 heterocycles. The first-order valence-electron chi connectivity index (χ1n) is 5.85. The normalized spacial score (nSPS) is 10.4. The Morgan fingerprint density at radius 1 is 1.47 bits per heavy atom. The average Bonchev–Trinajstić information content (AvgIpc) is 2.79. The number of nitrogen functional groups attached to an aromatic ring is 1. The highest BCUT2D eigenvalue weighted by Gasteiger charge is 2.13. The van der Waals surface area contributed by atoms with Crippen LogP contribution in [0.2, 0.25) is 0 Å². The number of anilines is 1. The highest BCUT2D eigenvalue weighted by Crippen LogP contribution is 2.23. The van der Waals surface area contributed by atoms with Crippen molar-refractivity contribution in [1.29, 1.82) is 0 Å². The number of hydrogen-bond acceptors (Lipinski definition) is 5. The number of hydrogen-bond donors (Lipinski definition) is 2. The first-order valence-corrected chi connectivity index (χ1v) is 5.85. The minimum Gasteiger partial charge on any atom is -0.435 e. The van der Waals surface area contributed by atoms with Gasteiger partial charge in [0.25, 0.3) is 5.91 Å². The van der Waals surface area contributed by atoms with Crippen LogP contribution in [0.15, 0.2) is 24.7 Å². The van der Waals surface area contributed by atoms with Gasteiger partial charge in [0, 0.05) is 6.54 Å². The lowest BCUT2D eigenvalue weighted by Crippen LogP contribution is -2.13. The topological polar surface area (TPSA) is 109 Å². The number of ether oxygens (including phenoxy) is 1. The van der Waals surface area contributed by atoms with Crippen LogP contribution >= 0.6 is 0 Å². The fourth-order valence-electron chi connectivity index (χ4n) is 1.59. The van der Waals surface area contributed by atoms with Crippen LogP contribution < -0.4 is 16.2 Å². The van der Waals surface area contributed by atoms with E-state index in [9.17, 15) is 4.79 Å². The maximum absolute atomic E-state index is 11.3. The monoisotopic (exact) mass is 261 g/mol. The van der Waals surface area contributed by atoms with Crippen LogP contribution in [0.4, 0.5) is 5.69 Å². The van der Waals surface area contributed by atoms with Gasteiger partial charge < -0.3 is 16.2 Å². The van der Waals surface area contributed by atoms with E-state index in [1.807, 2.05) is 0 Å². The molecule has 0 aromatic carbocycles. The number of aromatic nitrogens is 3. The first-order chi connectivity index (χ1) is 9.10. The second-order valence-electron chi connectivity index (χ2n) is 4.03. The first kappa shape index (κ1) is 12.9. The summed E-state index contributed by atoms with van der Waals surface area (Å²) in [5.74, 6) is -0.0262. The fraction of sp³-hybridized carbons (Fsp3) is 0.250. The molecule has 0 aliphatic heterocycles. The molecule has 19 heavy (non-hydrogen) atoms. The molecule has 0 saturated heterocycles. The molecule has 0 saturated carbocycles. The number of aryl methyl sites for hydroxylation is 1. The second-order valence-corrected chi connectivity index (χ2v) is 4.03. The summed E-state index contributed by atoms with van der Waals surface area (Å²) < 4.78 is 7.25. The highest BCUT2D eigenvalue weighted by atomic mass is 16.5. The smallest absolute Gasteiger partial charge is 0.254 e. The van der Waals surface area contributed by atoms with E-state index >= 15 is 0 Å². The fourth-order valence-corrected chi connectivity index (χ4v) is 1.59. The number of rotatable bonds is 5. The lowest BCUT2D eigenvalue weighted by Gasteiger charge is -2.06. The summed E-state index contributed by atoms with van der Waals surface area (Å²) in [6.45, 7) is 2.84. The van der Waals surface area contributed by atoms with Crippen molar-refractivity contribution in [2.75, 3.05) is 5.73 Å². The number of nitrogens with two attached hydrogens (primary N) is 2. The van der Waals surface area contributed by atoms with Crippen molar-refractivity contribution in [2.45, 2.75) is 19.9 Å². The molecule has 0 bridgehead atoms. The number of amides is 1. The van der Waals surface area contributed by atoms with Gasteiger partial charge in [0.05, 0.1) is 24.3 Å². The van der Waals surface area contributed by atoms with Crippen molar-refractivity contribution in [3.8, 4) is 11.6 Å². The van der Waals surface area contributed by atoms with Crippen LogP contribution in [0.25, 0.3) is 0 Å². The van der Waals surface area contributed by atoms with Gasteiger partial charge in [-0.1, -0.05) is 6.92 Å². The Hall–Kier alpha value is -2.57. The van der Waals surface area contributed by atoms with Gasteiger partial charge in [-0.05, 0) is 12.5 Å². The molecule has 0 aliphatic carbocycles. The molecule has 7 heteroatoms. The average molecular weight is 261 g/mol. The van der Waals surface area contributed by atoms with E-state index in [1.54, 1.807) is 17.1 Å². The lowest BCUT2D eigenvalue weighted by atomic mass is 10.2. The van der Waals surface area contributed by atoms with Crippen molar-refractivity contribution in [3.05, 3.63) is 30.2 Å². The van der Waals surface area contributed by atoms with Gasteiger partial charge >= 0.3 is 0 Å². The predicted molar refractivity (Wildman–Crippen MR) is 69.8 cm³/mol. The van der Waals surface area contributed by atoms with E-state index < -0.39 is 5.91 Å². The Labute approximate surface area is 110 Å². The Balaban J connectivity index is 2.24. The van der Waals surface area contributed by atoms with Gasteiger partial charge in [-0.3, -0.25) is 9.48 Å². The maximum atomic E-state index is 11.3. The summed E-state index contributed by atoms with van der Waals surface area (Å²) in [5, 5.41) is 4.12. The molecular weight excluding hydrogens is 246 g/mol. The van der Waals surface area contributed by atoms with Crippen molar-refractivity contribution in [1.82, 2.24) is 14.8 Å². The van der Waals surface area contributed by atoms with Crippen LogP contribution in [0.1, 0.15) is 23.7 Å². The summed E-state index contributed by atoms with van der Waals surface area (Å²) in [6, 6.07) is 1.43. The molecule has 1 amide bonds. The highest BCUT2D eigenvalue weighted by molar-refractivity contribution is 5.95. The summed E-state index contributed by atoms with van der Waals surface area (Å²) in [4.78, 5) is 15.3. The molecule has 2 aromatic rings. The number of pyridine rings is 1. The lowest BCUT2D eigenvalue weighted by molar-refractivity contribution is 0.0997. The molecular formula is C12H15N5O2. The third-order valence-corrected chi connectivity index (χ3v) is 2.41. The van der Waals surface area contributed by atoms with Crippen LogP contribution in [0.3, 0.4) is 0 Å². The second kappa shape index (κ2) is 5.38. The number of primary amides is 1. The molecule has 4 N–H and O–H groups in total. The Bertz CT molecular complexity index is 594. The third kappa shape index (κ3) is 3.01. The quantitative estimate of drug-likeness (QED) is 0.839. The molecule has 0 spiro atoms. The minimum atomic E-state index is -0.643. The molecule has 2 rings (SSSR count). The Kier molecular flexibility index (Phi) is 3.65. The van der Waals surface area contributed by atoms with Gasteiger partial charge in [-0.25, -0.2) is 4.98 Å². The van der Waals surface area contributed by atoms with Gasteiger partial charge in [0.15, 0.2) is 5.75 Å². The molecule has 7 nitrogen and oxygen atoms in total. The molecule has 0 aliphatic rings. The number of carbonyl (C=O) groups excluding carboxylic acids is 1. The molecule has 0 radical (unpaired) electrons. The summed E-state index contributed by atoms with van der Waals surface area (Å²) in [7, 11) is 0. The van der Waals surface area contributed by atoms with Crippen molar-refractivity contribution in [3.63, 3.8) is 0 Å². The standard InChI is InChI=1S/C12H15N5O2/c1-2-3-17-7-9(6-16-17)19-12-10(11(14)18)4-8(13)5-15-12/h4-7H,2-3,13H2,1H3,(H2,14,18). The predicted octanol–water partition coefficient (Wildman–Crippen LogP) is 1.16. The Morgan fingerprint density at radius 2 is 2.26 bits per heavy atom. The summed E-state index contributed by atoms with van der Waals surface area (Å²) >= 11 is 0. The van der Waals surface area contributed by atoms with Crippen LogP contribution in [0, 0.1) is 0 Å². The third-order valence-electron chi connectivity index (χ3n) is 2.41. The van der Waals surface area contributed by atoms with Crippen LogP contribution in [-0.2, 0) is 6.54 Å². The molecule has 2 aromatic heterocycles. The summed E-state index contributed by atoms with van der Waals surface area (Å²) in [5.41, 5.74) is 11.3. The molecule has 0 fully saturated rings. The van der Waals surface area contributed by atoms with Crippen LogP contribution in [-0.4, -0.2) is 20.7 Å². The maximum Gasteiger partial charge on any atom is 0.254 e. The van der Waals surface area contributed by atoms with Gasteiger partial charge in [0.2, 0.25) is 5.88 Å². The molecule has 100 valence electrons. The largest absolute Gasteiger partial charge is 0.435 e. The van der Waals surface area contributed by atoms with Gasteiger partial charge in [0.1, 0.15) is 5.56 Å². The van der Waals surface area contributed by atoms with Crippen molar-refractivity contribution in [2.24, 2.45) is 5.73 Å².